The van der Waals surface area contributed by atoms with E-state index in [-0.39, 0.29) is 0 Å². The molecule has 0 amide bonds. The van der Waals surface area contributed by atoms with Gasteiger partial charge in [-0.2, -0.15) is 0 Å². The zero-order valence-corrected chi connectivity index (χ0v) is 7.98. The molecule has 1 aliphatic rings. The Hall–Kier alpha value is -0.0800. The van der Waals surface area contributed by atoms with Gasteiger partial charge in [0.15, 0.2) is 0 Å². The van der Waals surface area contributed by atoms with Crippen molar-refractivity contribution in [3.63, 3.8) is 0 Å². The SMILES string of the molecule is CCNC1(CN(C)CC)CC1. The minimum absolute atomic E-state index is 0.500. The van der Waals surface area contributed by atoms with Crippen LogP contribution in [0.5, 0.6) is 0 Å². The van der Waals surface area contributed by atoms with Crippen LogP contribution in [0.15, 0.2) is 0 Å². The first-order valence-electron chi connectivity index (χ1n) is 4.66. The Morgan fingerprint density at radius 2 is 2.00 bits per heavy atom. The Kier molecular flexibility index (Phi) is 2.90. The summed E-state index contributed by atoms with van der Waals surface area (Å²) in [5.41, 5.74) is 0.500. The van der Waals surface area contributed by atoms with E-state index >= 15 is 0 Å². The number of nitrogens with zero attached hydrogens (tertiary/aromatic N) is 1. The van der Waals surface area contributed by atoms with Crippen molar-refractivity contribution in [2.45, 2.75) is 32.2 Å². The second-order valence-corrected chi connectivity index (χ2v) is 3.64. The Morgan fingerprint density at radius 3 is 2.36 bits per heavy atom. The molecular formula is C9H20N2. The maximum atomic E-state index is 3.56. The summed E-state index contributed by atoms with van der Waals surface area (Å²) >= 11 is 0. The quantitative estimate of drug-likeness (QED) is 0.641. The van der Waals surface area contributed by atoms with Gasteiger partial charge in [-0.15, -0.1) is 0 Å². The molecule has 2 nitrogen and oxygen atoms in total. The molecule has 1 aliphatic carbocycles. The average Bonchev–Trinajstić information content (AvgIpc) is 2.70. The van der Waals surface area contributed by atoms with Crippen LogP contribution in [0.3, 0.4) is 0 Å². The molecule has 0 radical (unpaired) electrons. The van der Waals surface area contributed by atoms with Gasteiger partial charge in [-0.3, -0.25) is 0 Å². The van der Waals surface area contributed by atoms with Crippen molar-refractivity contribution in [3.05, 3.63) is 0 Å². The van der Waals surface area contributed by atoms with Crippen molar-refractivity contribution in [2.24, 2.45) is 0 Å². The van der Waals surface area contributed by atoms with E-state index in [1.165, 1.54) is 19.4 Å². The summed E-state index contributed by atoms with van der Waals surface area (Å²) in [7, 11) is 2.19. The van der Waals surface area contributed by atoms with E-state index < -0.39 is 0 Å². The van der Waals surface area contributed by atoms with E-state index in [1.807, 2.05) is 0 Å². The third-order valence-electron chi connectivity index (χ3n) is 2.52. The summed E-state index contributed by atoms with van der Waals surface area (Å²) in [4.78, 5) is 2.38. The highest BCUT2D eigenvalue weighted by Crippen LogP contribution is 2.35. The molecule has 1 fully saturated rings. The van der Waals surface area contributed by atoms with Crippen LogP contribution in [0, 0.1) is 0 Å². The largest absolute Gasteiger partial charge is 0.310 e. The molecule has 0 aromatic carbocycles. The van der Waals surface area contributed by atoms with Crippen LogP contribution >= 0.6 is 0 Å². The predicted octanol–water partition coefficient (Wildman–Crippen LogP) is 1.08. The van der Waals surface area contributed by atoms with Crippen molar-refractivity contribution in [1.29, 1.82) is 0 Å². The standard InChI is InChI=1S/C9H20N2/c1-4-10-9(6-7-9)8-11(3)5-2/h10H,4-8H2,1-3H3. The topological polar surface area (TPSA) is 15.3 Å². The molecule has 0 saturated heterocycles. The fourth-order valence-corrected chi connectivity index (χ4v) is 1.55. The predicted molar refractivity (Wildman–Crippen MR) is 48.8 cm³/mol. The van der Waals surface area contributed by atoms with E-state index in [1.54, 1.807) is 0 Å². The summed E-state index contributed by atoms with van der Waals surface area (Å²) in [5.74, 6) is 0. The van der Waals surface area contributed by atoms with E-state index in [0.29, 0.717) is 5.54 Å². The molecule has 0 aliphatic heterocycles. The minimum atomic E-state index is 0.500. The van der Waals surface area contributed by atoms with Crippen LogP contribution < -0.4 is 5.32 Å². The van der Waals surface area contributed by atoms with Crippen molar-refractivity contribution in [2.75, 3.05) is 26.7 Å². The van der Waals surface area contributed by atoms with Crippen molar-refractivity contribution < 1.29 is 0 Å². The molecule has 11 heavy (non-hydrogen) atoms. The maximum absolute atomic E-state index is 3.56. The van der Waals surface area contributed by atoms with Crippen molar-refractivity contribution in [3.8, 4) is 0 Å². The molecule has 2 heteroatoms. The molecule has 0 aromatic rings. The second kappa shape index (κ2) is 3.55. The van der Waals surface area contributed by atoms with Gasteiger partial charge in [0.2, 0.25) is 0 Å². The van der Waals surface area contributed by atoms with Crippen molar-refractivity contribution in [1.82, 2.24) is 10.2 Å². The molecule has 0 heterocycles. The van der Waals surface area contributed by atoms with Gasteiger partial charge >= 0.3 is 0 Å². The van der Waals surface area contributed by atoms with Crippen LogP contribution in [0.1, 0.15) is 26.7 Å². The van der Waals surface area contributed by atoms with Crippen LogP contribution in [0.4, 0.5) is 0 Å². The lowest BCUT2D eigenvalue weighted by Crippen LogP contribution is -2.41. The van der Waals surface area contributed by atoms with E-state index in [4.69, 9.17) is 0 Å². The highest BCUT2D eigenvalue weighted by molar-refractivity contribution is 5.03. The smallest absolute Gasteiger partial charge is 0.0309 e. The molecule has 0 spiro atoms. The zero-order valence-electron chi connectivity index (χ0n) is 7.98. The molecule has 0 unspecified atom stereocenters. The molecule has 0 aromatic heterocycles. The maximum Gasteiger partial charge on any atom is 0.0309 e. The summed E-state index contributed by atoms with van der Waals surface area (Å²) < 4.78 is 0. The fraction of sp³-hybridized carbons (Fsp3) is 1.00. The van der Waals surface area contributed by atoms with Gasteiger partial charge in [0.1, 0.15) is 0 Å². The molecule has 1 saturated carbocycles. The monoisotopic (exact) mass is 156 g/mol. The normalized spacial score (nSPS) is 20.7. The number of likely N-dealkylation sites (N-methyl/N-ethyl adjacent to an activating group) is 2. The summed E-state index contributed by atoms with van der Waals surface area (Å²) in [6.07, 6.45) is 2.73. The Balaban J connectivity index is 2.23. The Labute approximate surface area is 70.0 Å². The van der Waals surface area contributed by atoms with Gasteiger partial charge in [-0.25, -0.2) is 0 Å². The fourth-order valence-electron chi connectivity index (χ4n) is 1.55. The van der Waals surface area contributed by atoms with Gasteiger partial charge < -0.3 is 10.2 Å². The number of hydrogen-bond donors (Lipinski definition) is 1. The summed E-state index contributed by atoms with van der Waals surface area (Å²) in [5, 5.41) is 3.56. The van der Waals surface area contributed by atoms with Crippen molar-refractivity contribution >= 4 is 0 Å². The molecular weight excluding hydrogens is 136 g/mol. The number of nitrogens with one attached hydrogen (secondary N) is 1. The first-order chi connectivity index (χ1) is 5.22. The molecule has 0 atom stereocenters. The zero-order chi connectivity index (χ0) is 8.32. The lowest BCUT2D eigenvalue weighted by atomic mass is 10.2. The van der Waals surface area contributed by atoms with Crippen LogP contribution in [0.25, 0.3) is 0 Å². The molecule has 0 bridgehead atoms. The third-order valence-corrected chi connectivity index (χ3v) is 2.52. The first kappa shape index (κ1) is 9.01. The summed E-state index contributed by atoms with van der Waals surface area (Å²) in [6.45, 7) is 7.89. The van der Waals surface area contributed by atoms with Gasteiger partial charge in [-0.05, 0) is 33.0 Å². The average molecular weight is 156 g/mol. The van der Waals surface area contributed by atoms with Gasteiger partial charge in [-0.1, -0.05) is 13.8 Å². The Morgan fingerprint density at radius 1 is 1.36 bits per heavy atom. The van der Waals surface area contributed by atoms with E-state index in [0.717, 1.165) is 13.1 Å². The van der Waals surface area contributed by atoms with Gasteiger partial charge in [0, 0.05) is 12.1 Å². The summed E-state index contributed by atoms with van der Waals surface area (Å²) in [6, 6.07) is 0. The van der Waals surface area contributed by atoms with E-state index in [9.17, 15) is 0 Å². The van der Waals surface area contributed by atoms with E-state index in [2.05, 4.69) is 31.1 Å². The van der Waals surface area contributed by atoms with Crippen LogP contribution in [0.2, 0.25) is 0 Å². The minimum Gasteiger partial charge on any atom is -0.310 e. The van der Waals surface area contributed by atoms with Gasteiger partial charge in [0.05, 0.1) is 0 Å². The lowest BCUT2D eigenvalue weighted by Gasteiger charge is -2.22. The first-order valence-corrected chi connectivity index (χ1v) is 4.66. The number of rotatable bonds is 5. The second-order valence-electron chi connectivity index (χ2n) is 3.64. The van der Waals surface area contributed by atoms with Gasteiger partial charge in [0.25, 0.3) is 0 Å². The molecule has 1 rings (SSSR count). The van der Waals surface area contributed by atoms with Crippen LogP contribution in [-0.2, 0) is 0 Å². The molecule has 66 valence electrons. The lowest BCUT2D eigenvalue weighted by molar-refractivity contribution is 0.292. The Bertz CT molecular complexity index is 119. The number of hydrogen-bond acceptors (Lipinski definition) is 2. The third kappa shape index (κ3) is 2.46. The molecule has 1 N–H and O–H groups in total. The van der Waals surface area contributed by atoms with Crippen LogP contribution in [-0.4, -0.2) is 37.1 Å². The highest BCUT2D eigenvalue weighted by atomic mass is 15.2. The highest BCUT2D eigenvalue weighted by Gasteiger charge is 2.41.